The zero-order chi connectivity index (χ0) is 16.2. The van der Waals surface area contributed by atoms with Crippen LogP contribution in [0.2, 0.25) is 0 Å². The highest BCUT2D eigenvalue weighted by molar-refractivity contribution is 5.98. The van der Waals surface area contributed by atoms with E-state index >= 15 is 0 Å². The monoisotopic (exact) mass is 315 g/mol. The Kier molecular flexibility index (Phi) is 4.99. The average molecular weight is 315 g/mol. The Labute approximate surface area is 137 Å². The van der Waals surface area contributed by atoms with Crippen LogP contribution in [-0.4, -0.2) is 23.8 Å². The van der Waals surface area contributed by atoms with Crippen molar-refractivity contribution in [1.29, 1.82) is 0 Å². The predicted molar refractivity (Wildman–Crippen MR) is 88.8 cm³/mol. The van der Waals surface area contributed by atoms with Gasteiger partial charge in [-0.2, -0.15) is 0 Å². The van der Waals surface area contributed by atoms with Crippen molar-refractivity contribution >= 4 is 11.7 Å². The van der Waals surface area contributed by atoms with Gasteiger partial charge in [-0.1, -0.05) is 19.3 Å². The topological polar surface area (TPSA) is 55.4 Å². The van der Waals surface area contributed by atoms with E-state index in [9.17, 15) is 9.59 Å². The highest BCUT2D eigenvalue weighted by Gasteiger charge is 2.22. The highest BCUT2D eigenvalue weighted by Crippen LogP contribution is 2.26. The standard InChI is InChI=1S/C19H25NO3/c1-13(19(22)20-15-7-3-2-4-8-15)23-16-10-11-17-14(12-16)6-5-9-18(17)21/h10-13,15H,2-9H2,1H3,(H,20,22). The maximum Gasteiger partial charge on any atom is 0.260 e. The van der Waals surface area contributed by atoms with Crippen LogP contribution in [-0.2, 0) is 11.2 Å². The molecule has 124 valence electrons. The van der Waals surface area contributed by atoms with Gasteiger partial charge in [0.25, 0.3) is 5.91 Å². The summed E-state index contributed by atoms with van der Waals surface area (Å²) >= 11 is 0. The molecule has 1 N–H and O–H groups in total. The summed E-state index contributed by atoms with van der Waals surface area (Å²) < 4.78 is 5.80. The van der Waals surface area contributed by atoms with E-state index in [2.05, 4.69) is 5.32 Å². The first-order chi connectivity index (χ1) is 11.1. The number of ether oxygens (including phenoxy) is 1. The van der Waals surface area contributed by atoms with Crippen LogP contribution < -0.4 is 10.1 Å². The average Bonchev–Trinajstić information content (AvgIpc) is 2.56. The molecule has 0 aromatic heterocycles. The maximum atomic E-state index is 12.3. The van der Waals surface area contributed by atoms with Crippen LogP contribution in [0.1, 0.15) is 67.8 Å². The molecule has 1 aromatic rings. The van der Waals surface area contributed by atoms with Gasteiger partial charge in [-0.3, -0.25) is 9.59 Å². The molecule has 23 heavy (non-hydrogen) atoms. The number of Topliss-reactive ketones (excluding diaryl/α,β-unsaturated/α-hetero) is 1. The van der Waals surface area contributed by atoms with Crippen LogP contribution in [0.4, 0.5) is 0 Å². The Morgan fingerprint density at radius 2 is 1.96 bits per heavy atom. The molecule has 1 aromatic carbocycles. The van der Waals surface area contributed by atoms with Crippen LogP contribution in [0.25, 0.3) is 0 Å². The fourth-order valence-corrected chi connectivity index (χ4v) is 3.52. The third-order valence-electron chi connectivity index (χ3n) is 4.86. The number of carbonyl (C=O) groups is 2. The number of hydrogen-bond acceptors (Lipinski definition) is 3. The predicted octanol–water partition coefficient (Wildman–Crippen LogP) is 3.42. The fourth-order valence-electron chi connectivity index (χ4n) is 3.52. The summed E-state index contributed by atoms with van der Waals surface area (Å²) in [4.78, 5) is 24.1. The number of ketones is 1. The van der Waals surface area contributed by atoms with Gasteiger partial charge in [0.1, 0.15) is 5.75 Å². The second-order valence-corrected chi connectivity index (χ2v) is 6.70. The second-order valence-electron chi connectivity index (χ2n) is 6.70. The number of fused-ring (bicyclic) bond motifs is 1. The number of benzene rings is 1. The first-order valence-corrected chi connectivity index (χ1v) is 8.76. The summed E-state index contributed by atoms with van der Waals surface area (Å²) in [6.07, 6.45) is 7.71. The first kappa shape index (κ1) is 16.0. The molecule has 0 spiro atoms. The molecule has 1 unspecified atom stereocenters. The number of carbonyl (C=O) groups excluding carboxylic acids is 2. The van der Waals surface area contributed by atoms with Gasteiger partial charge in [-0.05, 0) is 56.4 Å². The Morgan fingerprint density at radius 1 is 1.17 bits per heavy atom. The van der Waals surface area contributed by atoms with Crippen molar-refractivity contribution in [3.05, 3.63) is 29.3 Å². The van der Waals surface area contributed by atoms with Crippen LogP contribution in [0.5, 0.6) is 5.75 Å². The van der Waals surface area contributed by atoms with Crippen molar-refractivity contribution < 1.29 is 14.3 Å². The molecule has 1 atom stereocenters. The molecule has 0 radical (unpaired) electrons. The quantitative estimate of drug-likeness (QED) is 0.926. The molecule has 2 aliphatic rings. The largest absolute Gasteiger partial charge is 0.481 e. The van der Waals surface area contributed by atoms with Gasteiger partial charge in [-0.15, -0.1) is 0 Å². The zero-order valence-corrected chi connectivity index (χ0v) is 13.8. The number of rotatable bonds is 4. The van der Waals surface area contributed by atoms with E-state index < -0.39 is 6.10 Å². The minimum atomic E-state index is -0.519. The molecule has 0 aliphatic heterocycles. The fraction of sp³-hybridized carbons (Fsp3) is 0.579. The number of nitrogens with one attached hydrogen (secondary N) is 1. The molecular weight excluding hydrogens is 290 g/mol. The van der Waals surface area contributed by atoms with E-state index in [1.54, 1.807) is 13.0 Å². The van der Waals surface area contributed by atoms with Crippen LogP contribution in [0, 0.1) is 0 Å². The smallest absolute Gasteiger partial charge is 0.260 e. The van der Waals surface area contributed by atoms with Gasteiger partial charge in [0.15, 0.2) is 11.9 Å². The van der Waals surface area contributed by atoms with E-state index in [4.69, 9.17) is 4.74 Å². The molecule has 1 amide bonds. The summed E-state index contributed by atoms with van der Waals surface area (Å²) in [5, 5.41) is 3.09. The second kappa shape index (κ2) is 7.16. The third-order valence-corrected chi connectivity index (χ3v) is 4.86. The summed E-state index contributed by atoms with van der Waals surface area (Å²) in [5.41, 5.74) is 1.85. The molecule has 4 nitrogen and oxygen atoms in total. The molecular formula is C19H25NO3. The van der Waals surface area contributed by atoms with Crippen molar-refractivity contribution in [3.8, 4) is 5.75 Å². The van der Waals surface area contributed by atoms with Crippen molar-refractivity contribution in [2.45, 2.75) is 70.4 Å². The highest BCUT2D eigenvalue weighted by atomic mass is 16.5. The summed E-state index contributed by atoms with van der Waals surface area (Å²) in [6, 6.07) is 5.84. The minimum absolute atomic E-state index is 0.0503. The van der Waals surface area contributed by atoms with Crippen molar-refractivity contribution in [3.63, 3.8) is 0 Å². The van der Waals surface area contributed by atoms with Crippen molar-refractivity contribution in [2.24, 2.45) is 0 Å². The Morgan fingerprint density at radius 3 is 2.74 bits per heavy atom. The van der Waals surface area contributed by atoms with Crippen LogP contribution >= 0.6 is 0 Å². The first-order valence-electron chi connectivity index (χ1n) is 8.76. The Bertz CT molecular complexity index is 590. The van der Waals surface area contributed by atoms with Gasteiger partial charge >= 0.3 is 0 Å². The van der Waals surface area contributed by atoms with Gasteiger partial charge in [0, 0.05) is 18.0 Å². The van der Waals surface area contributed by atoms with E-state index in [0.29, 0.717) is 18.2 Å². The Hall–Kier alpha value is -1.84. The maximum absolute atomic E-state index is 12.3. The van der Waals surface area contributed by atoms with E-state index in [1.165, 1.54) is 19.3 Å². The lowest BCUT2D eigenvalue weighted by Gasteiger charge is -2.25. The zero-order valence-electron chi connectivity index (χ0n) is 13.8. The SMILES string of the molecule is CC(Oc1ccc2c(c1)CCCC2=O)C(=O)NC1CCCCC1. The van der Waals surface area contributed by atoms with Gasteiger partial charge < -0.3 is 10.1 Å². The lowest BCUT2D eigenvalue weighted by Crippen LogP contribution is -2.43. The Balaban J connectivity index is 1.59. The molecule has 4 heteroatoms. The van der Waals surface area contributed by atoms with Crippen molar-refractivity contribution in [1.82, 2.24) is 5.32 Å². The van der Waals surface area contributed by atoms with Crippen molar-refractivity contribution in [2.75, 3.05) is 0 Å². The molecule has 2 aliphatic carbocycles. The molecule has 0 bridgehead atoms. The summed E-state index contributed by atoms with van der Waals surface area (Å²) in [7, 11) is 0. The normalized spacial score (nSPS) is 19.8. The lowest BCUT2D eigenvalue weighted by molar-refractivity contribution is -0.128. The molecule has 0 saturated heterocycles. The molecule has 1 saturated carbocycles. The van der Waals surface area contributed by atoms with Crippen LogP contribution in [0.3, 0.4) is 0 Å². The molecule has 3 rings (SSSR count). The third kappa shape index (κ3) is 3.92. The summed E-state index contributed by atoms with van der Waals surface area (Å²) in [5.74, 6) is 0.830. The van der Waals surface area contributed by atoms with Gasteiger partial charge in [0.05, 0.1) is 0 Å². The van der Waals surface area contributed by atoms with Gasteiger partial charge in [0.2, 0.25) is 0 Å². The number of hydrogen-bond donors (Lipinski definition) is 1. The summed E-state index contributed by atoms with van der Waals surface area (Å²) in [6.45, 7) is 1.78. The molecule has 0 heterocycles. The van der Waals surface area contributed by atoms with Gasteiger partial charge in [-0.25, -0.2) is 0 Å². The van der Waals surface area contributed by atoms with E-state index in [1.807, 2.05) is 12.1 Å². The minimum Gasteiger partial charge on any atom is -0.481 e. The number of amides is 1. The number of aryl methyl sites for hydroxylation is 1. The lowest BCUT2D eigenvalue weighted by atomic mass is 9.90. The molecule has 1 fully saturated rings. The van der Waals surface area contributed by atoms with Crippen LogP contribution in [0.15, 0.2) is 18.2 Å². The van der Waals surface area contributed by atoms with E-state index in [0.717, 1.165) is 36.8 Å². The van der Waals surface area contributed by atoms with E-state index in [-0.39, 0.29) is 11.7 Å².